The minimum absolute atomic E-state index is 0.134. The summed E-state index contributed by atoms with van der Waals surface area (Å²) in [5.74, 6) is 1.78. The number of aliphatic hydroxyl groups is 1. The first-order valence-corrected chi connectivity index (χ1v) is 20.4. The van der Waals surface area contributed by atoms with Gasteiger partial charge in [-0.1, -0.05) is 24.3 Å². The maximum absolute atomic E-state index is 13.5. The van der Waals surface area contributed by atoms with Crippen LogP contribution >= 0.6 is 7.14 Å². The average Bonchev–Trinajstić information content (AvgIpc) is 3.44. The molecule has 0 spiro atoms. The molecule has 2 unspecified atom stereocenters. The normalized spacial score (nSPS) is 24.4. The molecule has 12 heteroatoms. The molecule has 4 heterocycles. The van der Waals surface area contributed by atoms with Crippen molar-refractivity contribution in [2.75, 3.05) is 52.4 Å². The Kier molecular flexibility index (Phi) is 9.96. The van der Waals surface area contributed by atoms with Crippen LogP contribution in [0, 0.1) is 0 Å². The van der Waals surface area contributed by atoms with Crippen LogP contribution in [0.4, 0.5) is 0 Å². The Morgan fingerprint density at radius 2 is 1.47 bits per heavy atom. The van der Waals surface area contributed by atoms with E-state index in [0.717, 1.165) is 49.1 Å². The highest BCUT2D eigenvalue weighted by atomic mass is 32.2. The molecule has 0 radical (unpaired) electrons. The zero-order valence-corrected chi connectivity index (χ0v) is 29.2. The molecule has 4 atom stereocenters. The number of rotatable bonds is 11. The van der Waals surface area contributed by atoms with Gasteiger partial charge in [0.05, 0.1) is 34.1 Å². The Morgan fingerprint density at radius 1 is 0.851 bits per heavy atom. The topological polar surface area (TPSA) is 126 Å². The molecular formula is C35H47N2O8PS. The quantitative estimate of drug-likeness (QED) is 0.196. The number of hydrogen-bond acceptors (Lipinski definition) is 9. The third-order valence-corrected chi connectivity index (χ3v) is 13.8. The third kappa shape index (κ3) is 7.66. The predicted molar refractivity (Wildman–Crippen MR) is 183 cm³/mol. The first kappa shape index (κ1) is 34.2. The van der Waals surface area contributed by atoms with Crippen LogP contribution in [0.5, 0.6) is 17.2 Å². The summed E-state index contributed by atoms with van der Waals surface area (Å²) in [6.07, 6.45) is 4.44. The SMILES string of the molecule is C=C1C[C@H]2CCc3cc(OCCP(C)(=O)CCOc4cc5c(cc4CO)CN4CC(=C)C[C@H]4C(S(=O)(=O)O)C5)c(OC)cc3CN2C1. The van der Waals surface area contributed by atoms with Crippen molar-refractivity contribution in [2.24, 2.45) is 0 Å². The fourth-order valence-corrected chi connectivity index (χ4v) is 9.92. The first-order valence-electron chi connectivity index (χ1n) is 16.4. The van der Waals surface area contributed by atoms with Crippen molar-refractivity contribution >= 4 is 17.3 Å². The Hall–Kier alpha value is -2.66. The maximum Gasteiger partial charge on any atom is 0.269 e. The first-order chi connectivity index (χ1) is 22.3. The van der Waals surface area contributed by atoms with Crippen molar-refractivity contribution in [3.05, 3.63) is 76.4 Å². The summed E-state index contributed by atoms with van der Waals surface area (Å²) in [7, 11) is -5.31. The second-order valence-electron chi connectivity index (χ2n) is 13.8. The van der Waals surface area contributed by atoms with Crippen molar-refractivity contribution in [1.82, 2.24) is 9.80 Å². The summed E-state index contributed by atoms with van der Waals surface area (Å²) in [5.41, 5.74) is 6.99. The van der Waals surface area contributed by atoms with E-state index in [-0.39, 0.29) is 32.3 Å². The van der Waals surface area contributed by atoms with Crippen LogP contribution < -0.4 is 14.2 Å². The van der Waals surface area contributed by atoms with Crippen LogP contribution in [-0.4, -0.2) is 97.6 Å². The molecule has 0 aliphatic carbocycles. The molecule has 47 heavy (non-hydrogen) atoms. The third-order valence-electron chi connectivity index (χ3n) is 10.3. The monoisotopic (exact) mass is 686 g/mol. The molecule has 2 N–H and O–H groups in total. The largest absolute Gasteiger partial charge is 0.493 e. The minimum Gasteiger partial charge on any atom is -0.493 e. The lowest BCUT2D eigenvalue weighted by Crippen LogP contribution is -2.42. The van der Waals surface area contributed by atoms with E-state index in [9.17, 15) is 22.6 Å². The van der Waals surface area contributed by atoms with Crippen LogP contribution in [-0.2, 0) is 47.2 Å². The second kappa shape index (κ2) is 13.7. The zero-order chi connectivity index (χ0) is 33.5. The van der Waals surface area contributed by atoms with Gasteiger partial charge in [-0.3, -0.25) is 14.4 Å². The Balaban J connectivity index is 1.07. The van der Waals surface area contributed by atoms with Crippen molar-refractivity contribution in [3.8, 4) is 17.2 Å². The number of methoxy groups -OCH3 is 1. The molecule has 6 rings (SSSR count). The molecule has 0 saturated carbocycles. The maximum atomic E-state index is 13.5. The van der Waals surface area contributed by atoms with Crippen molar-refractivity contribution < 1.29 is 36.9 Å². The standard InChI is InChI=1S/C35H47N2O8PS/c1-23-11-30-6-5-25-14-34(33(43-3)16-28(25)20-36(30)18-23)45-8-10-46(4,39)9-7-44-32-15-26-17-35(47(40,41)42)31-12-24(2)19-37(31)21-27(26)13-29(32)22-38/h13-16,30-31,35,38H,1-2,5-12,17-22H2,3-4H3,(H,40,41,42)/t30-,31+,35?,46?/m1/s1. The summed E-state index contributed by atoms with van der Waals surface area (Å²) in [4.78, 5) is 4.53. The molecule has 0 bridgehead atoms. The molecule has 2 fully saturated rings. The highest BCUT2D eigenvalue weighted by Gasteiger charge is 2.42. The summed E-state index contributed by atoms with van der Waals surface area (Å²) in [6.45, 7) is 13.0. The number of aryl methyl sites for hydroxylation is 1. The van der Waals surface area contributed by atoms with Gasteiger partial charge in [0.25, 0.3) is 10.1 Å². The van der Waals surface area contributed by atoms with E-state index in [1.807, 2.05) is 11.0 Å². The second-order valence-corrected chi connectivity index (χ2v) is 19.0. The van der Waals surface area contributed by atoms with Gasteiger partial charge >= 0.3 is 0 Å². The minimum atomic E-state index is -4.31. The lowest BCUT2D eigenvalue weighted by atomic mass is 9.98. The number of aliphatic hydroxyl groups excluding tert-OH is 1. The van der Waals surface area contributed by atoms with Gasteiger partial charge in [-0.15, -0.1) is 0 Å². The molecule has 0 amide bonds. The molecule has 0 aromatic heterocycles. The van der Waals surface area contributed by atoms with Gasteiger partial charge < -0.3 is 23.9 Å². The molecule has 2 aromatic rings. The molecule has 10 nitrogen and oxygen atoms in total. The lowest BCUT2D eigenvalue weighted by Gasteiger charge is -2.26. The van der Waals surface area contributed by atoms with Gasteiger partial charge in [0, 0.05) is 56.1 Å². The van der Waals surface area contributed by atoms with Crippen molar-refractivity contribution in [1.29, 1.82) is 0 Å². The van der Waals surface area contributed by atoms with Crippen LogP contribution in [0.1, 0.15) is 47.1 Å². The Bertz CT molecular complexity index is 1710. The van der Waals surface area contributed by atoms with E-state index < -0.39 is 22.5 Å². The highest BCUT2D eigenvalue weighted by Crippen LogP contribution is 2.42. The van der Waals surface area contributed by atoms with E-state index in [1.54, 1.807) is 19.8 Å². The molecular weight excluding hydrogens is 639 g/mol. The van der Waals surface area contributed by atoms with Gasteiger partial charge in [-0.25, -0.2) is 0 Å². The molecule has 4 aliphatic rings. The highest BCUT2D eigenvalue weighted by molar-refractivity contribution is 7.86. The zero-order valence-electron chi connectivity index (χ0n) is 27.4. The Morgan fingerprint density at radius 3 is 2.17 bits per heavy atom. The number of hydrogen-bond donors (Lipinski definition) is 2. The van der Waals surface area contributed by atoms with Crippen LogP contribution in [0.25, 0.3) is 0 Å². The van der Waals surface area contributed by atoms with Crippen LogP contribution in [0.2, 0.25) is 0 Å². The number of ether oxygens (including phenoxy) is 3. The van der Waals surface area contributed by atoms with E-state index in [1.165, 1.54) is 16.7 Å². The average molecular weight is 687 g/mol. The van der Waals surface area contributed by atoms with Gasteiger partial charge in [0.15, 0.2) is 11.5 Å². The van der Waals surface area contributed by atoms with Gasteiger partial charge in [0.1, 0.15) is 11.0 Å². The fourth-order valence-electron chi connectivity index (χ4n) is 7.68. The van der Waals surface area contributed by atoms with Crippen molar-refractivity contribution in [2.45, 2.75) is 69.1 Å². The van der Waals surface area contributed by atoms with Crippen LogP contribution in [0.3, 0.4) is 0 Å². The number of fused-ring (bicyclic) bond motifs is 4. The molecule has 256 valence electrons. The van der Waals surface area contributed by atoms with E-state index >= 15 is 0 Å². The molecule has 4 aliphatic heterocycles. The number of benzene rings is 2. The van der Waals surface area contributed by atoms with Gasteiger partial charge in [-0.05, 0) is 85.3 Å². The molecule has 2 aromatic carbocycles. The molecule has 2 saturated heterocycles. The van der Waals surface area contributed by atoms with Gasteiger partial charge in [-0.2, -0.15) is 8.42 Å². The number of nitrogens with zero attached hydrogens (tertiary/aromatic N) is 2. The van der Waals surface area contributed by atoms with Crippen LogP contribution in [0.15, 0.2) is 48.6 Å². The summed E-state index contributed by atoms with van der Waals surface area (Å²) in [6, 6.07) is 7.95. The predicted octanol–water partition coefficient (Wildman–Crippen LogP) is 4.66. The van der Waals surface area contributed by atoms with E-state index in [0.29, 0.717) is 60.7 Å². The van der Waals surface area contributed by atoms with Gasteiger partial charge in [0.2, 0.25) is 0 Å². The summed E-state index contributed by atoms with van der Waals surface area (Å²) < 4.78 is 66.3. The smallest absolute Gasteiger partial charge is 0.269 e. The lowest BCUT2D eigenvalue weighted by molar-refractivity contribution is 0.241. The summed E-state index contributed by atoms with van der Waals surface area (Å²) >= 11 is 0. The summed E-state index contributed by atoms with van der Waals surface area (Å²) in [5, 5.41) is 9.15. The van der Waals surface area contributed by atoms with E-state index in [4.69, 9.17) is 14.2 Å². The fraction of sp³-hybridized carbons (Fsp3) is 0.543. The van der Waals surface area contributed by atoms with E-state index in [2.05, 4.69) is 30.2 Å². The Labute approximate surface area is 278 Å². The van der Waals surface area contributed by atoms with Crippen molar-refractivity contribution in [3.63, 3.8) is 0 Å².